The summed E-state index contributed by atoms with van der Waals surface area (Å²) in [5.74, 6) is 0. The molecule has 0 aromatic heterocycles. The Balaban J connectivity index is 3.58. The van der Waals surface area contributed by atoms with Crippen molar-refractivity contribution >= 4 is 10.2 Å². The summed E-state index contributed by atoms with van der Waals surface area (Å²) in [4.78, 5) is 10.2. The van der Waals surface area contributed by atoms with Crippen molar-refractivity contribution in [1.29, 1.82) is 0 Å². The van der Waals surface area contributed by atoms with Gasteiger partial charge in [-0.3, -0.25) is 0 Å². The van der Waals surface area contributed by atoms with E-state index in [0.717, 1.165) is 6.04 Å². The lowest BCUT2D eigenvalue weighted by atomic mass is 10.7. The van der Waals surface area contributed by atoms with E-state index in [4.69, 9.17) is 9.68 Å². The molecular weight excluding hydrogens is 158 g/mol. The Bertz CT molecular complexity index is 103. The molecule has 0 aliphatic carbocycles. The molecule has 0 rings (SSSR count). The molecule has 3 nitrogen and oxygen atoms in total. The monoisotopic (exact) mass is 175 g/mol. The normalized spacial score (nSPS) is 11.1. The van der Waals surface area contributed by atoms with Crippen molar-refractivity contribution in [2.75, 3.05) is 13.2 Å². The van der Waals surface area contributed by atoms with Crippen LogP contribution in [0.2, 0.25) is 6.04 Å². The molecule has 0 fully saturated rings. The van der Waals surface area contributed by atoms with Crippen molar-refractivity contribution in [3.05, 3.63) is 12.3 Å². The molecule has 0 heterocycles. The summed E-state index contributed by atoms with van der Waals surface area (Å²) in [6, 6.07) is 1.12. The van der Waals surface area contributed by atoms with Crippen LogP contribution in [-0.2, 0) is 9.68 Å². The molecule has 0 amide bonds. The van der Waals surface area contributed by atoms with Crippen LogP contribution < -0.4 is 0 Å². The Morgan fingerprint density at radius 2 is 1.82 bits per heavy atom. The van der Waals surface area contributed by atoms with E-state index in [1.807, 2.05) is 26.1 Å². The highest BCUT2D eigenvalue weighted by Crippen LogP contribution is 1.94. The summed E-state index contributed by atoms with van der Waals surface area (Å²) >= 11 is 0. The number of hydrogen-bond donors (Lipinski definition) is 0. The number of rotatable bonds is 6. The van der Waals surface area contributed by atoms with Crippen molar-refractivity contribution in [3.63, 3.8) is 0 Å². The van der Waals surface area contributed by atoms with Gasteiger partial charge in [-0.15, -0.1) is 5.23 Å². The zero-order valence-electron chi connectivity index (χ0n) is 7.54. The Hall–Kier alpha value is -0.323. The van der Waals surface area contributed by atoms with Crippen LogP contribution in [0.3, 0.4) is 0 Å². The van der Waals surface area contributed by atoms with Gasteiger partial charge in [-0.2, -0.15) is 0 Å². The summed E-state index contributed by atoms with van der Waals surface area (Å²) < 4.78 is 0. The topological polar surface area (TPSA) is 21.7 Å². The zero-order chi connectivity index (χ0) is 8.53. The van der Waals surface area contributed by atoms with E-state index in [1.54, 1.807) is 0 Å². The number of hydroxylamine groups is 2. The van der Waals surface area contributed by atoms with E-state index in [0.29, 0.717) is 13.2 Å². The van der Waals surface area contributed by atoms with E-state index in [-0.39, 0.29) is 0 Å². The molecule has 0 aliphatic heterocycles. The van der Waals surface area contributed by atoms with Crippen LogP contribution >= 0.6 is 0 Å². The molecular formula is C7H17NO2Si. The van der Waals surface area contributed by atoms with Gasteiger partial charge in [-0.25, -0.2) is 9.68 Å². The second-order valence-corrected chi connectivity index (χ2v) is 2.73. The van der Waals surface area contributed by atoms with Crippen molar-refractivity contribution in [1.82, 2.24) is 5.23 Å². The van der Waals surface area contributed by atoms with Crippen LogP contribution in [-0.4, -0.2) is 28.7 Å². The lowest BCUT2D eigenvalue weighted by Crippen LogP contribution is -2.18. The van der Waals surface area contributed by atoms with Crippen LogP contribution in [0, 0.1) is 0 Å². The summed E-state index contributed by atoms with van der Waals surface area (Å²) in [5.41, 5.74) is 0. The van der Waals surface area contributed by atoms with Gasteiger partial charge in [-0.1, -0.05) is 6.08 Å². The van der Waals surface area contributed by atoms with E-state index in [1.165, 1.54) is 15.5 Å². The van der Waals surface area contributed by atoms with Gasteiger partial charge in [0, 0.05) is 10.2 Å². The third-order valence-electron chi connectivity index (χ3n) is 0.976. The summed E-state index contributed by atoms with van der Waals surface area (Å²) in [7, 11) is 1.18. The highest BCUT2D eigenvalue weighted by Gasteiger charge is 1.93. The molecule has 4 heteroatoms. The van der Waals surface area contributed by atoms with Gasteiger partial charge in [0.05, 0.1) is 19.4 Å². The molecule has 66 valence electrons. The van der Waals surface area contributed by atoms with Gasteiger partial charge in [0.1, 0.15) is 0 Å². The molecule has 0 aromatic carbocycles. The molecule has 0 saturated heterocycles. The average molecular weight is 175 g/mol. The van der Waals surface area contributed by atoms with Crippen LogP contribution in [0.15, 0.2) is 12.3 Å². The molecule has 11 heavy (non-hydrogen) atoms. The number of nitrogens with zero attached hydrogens (tertiary/aromatic N) is 1. The van der Waals surface area contributed by atoms with Crippen LogP contribution in [0.25, 0.3) is 0 Å². The second-order valence-electron chi connectivity index (χ2n) is 1.91. The molecule has 0 radical (unpaired) electrons. The third-order valence-corrected chi connectivity index (χ3v) is 1.45. The smallest absolute Gasteiger partial charge is 0.0747 e. The first-order valence-corrected chi connectivity index (χ1v) is 5.48. The lowest BCUT2D eigenvalue weighted by molar-refractivity contribution is -0.332. The minimum atomic E-state index is 0.630. The first-order chi connectivity index (χ1) is 5.35. The van der Waals surface area contributed by atoms with Crippen LogP contribution in [0.1, 0.15) is 13.8 Å². The van der Waals surface area contributed by atoms with E-state index in [9.17, 15) is 0 Å². The van der Waals surface area contributed by atoms with Crippen molar-refractivity contribution in [2.24, 2.45) is 0 Å². The van der Waals surface area contributed by atoms with Crippen LogP contribution in [0.5, 0.6) is 0 Å². The number of allylic oxidation sites excluding steroid dienone is 1. The Labute approximate surface area is 71.3 Å². The highest BCUT2D eigenvalue weighted by molar-refractivity contribution is 6.09. The molecule has 0 saturated carbocycles. The fourth-order valence-corrected chi connectivity index (χ4v) is 0.780. The molecule has 0 unspecified atom stereocenters. The quantitative estimate of drug-likeness (QED) is 0.433. The summed E-state index contributed by atoms with van der Waals surface area (Å²) in [6.45, 7) is 5.12. The molecule has 0 aromatic rings. The van der Waals surface area contributed by atoms with Gasteiger partial charge >= 0.3 is 0 Å². The second kappa shape index (κ2) is 7.78. The molecule has 0 spiro atoms. The fraction of sp³-hybridized carbons (Fsp3) is 0.714. The minimum absolute atomic E-state index is 0.630. The fourth-order valence-electron chi connectivity index (χ4n) is 0.569. The predicted molar refractivity (Wildman–Crippen MR) is 49.0 cm³/mol. The largest absolute Gasteiger partial charge is 0.249 e. The Kier molecular flexibility index (Phi) is 7.55. The van der Waals surface area contributed by atoms with Gasteiger partial charge in [0.15, 0.2) is 0 Å². The molecule has 0 N–H and O–H groups in total. The molecule has 0 bridgehead atoms. The predicted octanol–water partition coefficient (Wildman–Crippen LogP) is 0.489. The standard InChI is InChI=1S/C7H17NO2Si/c1-3-9-8(10-4-2)6-5-7-11/h5-6H,3-4,7H2,1-2,11H3. The Morgan fingerprint density at radius 1 is 1.27 bits per heavy atom. The van der Waals surface area contributed by atoms with Gasteiger partial charge < -0.3 is 0 Å². The van der Waals surface area contributed by atoms with Crippen molar-refractivity contribution in [2.45, 2.75) is 19.9 Å². The Morgan fingerprint density at radius 3 is 2.18 bits per heavy atom. The van der Waals surface area contributed by atoms with Crippen molar-refractivity contribution < 1.29 is 9.68 Å². The third kappa shape index (κ3) is 6.09. The van der Waals surface area contributed by atoms with Gasteiger partial charge in [0.2, 0.25) is 0 Å². The first kappa shape index (κ1) is 10.7. The van der Waals surface area contributed by atoms with Crippen LogP contribution in [0.4, 0.5) is 0 Å². The summed E-state index contributed by atoms with van der Waals surface area (Å²) in [5, 5.41) is 1.41. The lowest BCUT2D eigenvalue weighted by Gasteiger charge is -2.16. The van der Waals surface area contributed by atoms with E-state index < -0.39 is 0 Å². The maximum atomic E-state index is 5.12. The highest BCUT2D eigenvalue weighted by atomic mass is 28.1. The average Bonchev–Trinajstić information content (AvgIpc) is 2.01. The zero-order valence-corrected chi connectivity index (χ0v) is 9.54. The van der Waals surface area contributed by atoms with E-state index in [2.05, 4.69) is 0 Å². The SMILES string of the molecule is CCON(C=CC[SiH3])OCC. The van der Waals surface area contributed by atoms with E-state index >= 15 is 0 Å². The first-order valence-electron chi connectivity index (χ1n) is 4.06. The molecule has 0 atom stereocenters. The molecule has 0 aliphatic rings. The maximum Gasteiger partial charge on any atom is 0.0747 e. The van der Waals surface area contributed by atoms with Gasteiger partial charge in [0.25, 0.3) is 0 Å². The number of hydrogen-bond acceptors (Lipinski definition) is 3. The van der Waals surface area contributed by atoms with Crippen molar-refractivity contribution in [3.8, 4) is 0 Å². The van der Waals surface area contributed by atoms with Gasteiger partial charge in [-0.05, 0) is 19.9 Å². The summed E-state index contributed by atoms with van der Waals surface area (Å²) in [6.07, 6.45) is 3.86. The minimum Gasteiger partial charge on any atom is -0.249 e. The maximum absolute atomic E-state index is 5.12.